The fourth-order valence-electron chi connectivity index (χ4n) is 2.64. The van der Waals surface area contributed by atoms with Gasteiger partial charge in [-0.15, -0.1) is 0 Å². The van der Waals surface area contributed by atoms with Crippen molar-refractivity contribution in [3.8, 4) is 0 Å². The second kappa shape index (κ2) is 8.30. The van der Waals surface area contributed by atoms with Gasteiger partial charge in [-0.05, 0) is 49.4 Å². The summed E-state index contributed by atoms with van der Waals surface area (Å²) in [6, 6.07) is 18.2. The minimum absolute atomic E-state index is 0.131. The standard InChI is InChI=1S/C21H21N5O2/c1-14-13-19(20(28)26(3)18-7-5-4-6-8-18)25-21(22-14)24-17-11-9-16(10-12-17)23-15(2)27/h4-13H,1-3H3,(H,23,27)(H,22,24,25). The number of carbonyl (C=O) groups is 2. The highest BCUT2D eigenvalue weighted by atomic mass is 16.2. The molecule has 0 unspecified atom stereocenters. The molecule has 1 heterocycles. The molecule has 0 fully saturated rings. The first-order valence-electron chi connectivity index (χ1n) is 8.76. The van der Waals surface area contributed by atoms with Crippen molar-refractivity contribution in [3.63, 3.8) is 0 Å². The summed E-state index contributed by atoms with van der Waals surface area (Å²) < 4.78 is 0. The quantitative estimate of drug-likeness (QED) is 0.709. The summed E-state index contributed by atoms with van der Waals surface area (Å²) in [7, 11) is 1.71. The maximum absolute atomic E-state index is 12.8. The molecule has 1 aromatic heterocycles. The zero-order chi connectivity index (χ0) is 20.1. The Labute approximate surface area is 163 Å². The Morgan fingerprint density at radius 2 is 1.57 bits per heavy atom. The Morgan fingerprint density at radius 1 is 0.929 bits per heavy atom. The van der Waals surface area contributed by atoms with Crippen LogP contribution in [0.2, 0.25) is 0 Å². The summed E-state index contributed by atoms with van der Waals surface area (Å²) in [5.41, 5.74) is 3.21. The molecule has 0 spiro atoms. The lowest BCUT2D eigenvalue weighted by Gasteiger charge is -2.17. The fraction of sp³-hybridized carbons (Fsp3) is 0.143. The molecule has 142 valence electrons. The third kappa shape index (κ3) is 4.70. The number of aromatic nitrogens is 2. The number of rotatable bonds is 5. The highest BCUT2D eigenvalue weighted by molar-refractivity contribution is 6.04. The predicted molar refractivity (Wildman–Crippen MR) is 110 cm³/mol. The van der Waals surface area contributed by atoms with E-state index in [4.69, 9.17) is 0 Å². The lowest BCUT2D eigenvalue weighted by Crippen LogP contribution is -2.27. The summed E-state index contributed by atoms with van der Waals surface area (Å²) in [4.78, 5) is 34.2. The molecular weight excluding hydrogens is 354 g/mol. The van der Waals surface area contributed by atoms with Crippen molar-refractivity contribution in [2.24, 2.45) is 0 Å². The highest BCUT2D eigenvalue weighted by Crippen LogP contribution is 2.19. The van der Waals surface area contributed by atoms with Gasteiger partial charge in [0.1, 0.15) is 5.69 Å². The van der Waals surface area contributed by atoms with Crippen LogP contribution in [0.3, 0.4) is 0 Å². The number of nitrogens with one attached hydrogen (secondary N) is 2. The summed E-state index contributed by atoms with van der Waals surface area (Å²) in [6.45, 7) is 3.27. The second-order valence-corrected chi connectivity index (χ2v) is 6.30. The Hall–Kier alpha value is -3.74. The molecule has 0 aliphatic carbocycles. The first-order chi connectivity index (χ1) is 13.4. The molecule has 7 heteroatoms. The SMILES string of the molecule is CC(=O)Nc1ccc(Nc2nc(C)cc(C(=O)N(C)c3ccccc3)n2)cc1. The molecule has 0 aliphatic heterocycles. The van der Waals surface area contributed by atoms with Crippen LogP contribution in [0.15, 0.2) is 60.7 Å². The van der Waals surface area contributed by atoms with Gasteiger partial charge in [0.25, 0.3) is 5.91 Å². The van der Waals surface area contributed by atoms with Crippen LogP contribution in [0.4, 0.5) is 23.0 Å². The molecule has 0 aliphatic rings. The van der Waals surface area contributed by atoms with E-state index in [-0.39, 0.29) is 11.8 Å². The number of para-hydroxylation sites is 1. The summed E-state index contributed by atoms with van der Waals surface area (Å²) in [5.74, 6) is -0.0220. The van der Waals surface area contributed by atoms with Crippen LogP contribution >= 0.6 is 0 Å². The number of anilines is 4. The maximum atomic E-state index is 12.8. The normalized spacial score (nSPS) is 10.2. The van der Waals surface area contributed by atoms with Gasteiger partial charge in [0, 0.05) is 36.7 Å². The molecule has 3 aromatic rings. The van der Waals surface area contributed by atoms with Gasteiger partial charge in [-0.3, -0.25) is 9.59 Å². The van der Waals surface area contributed by atoms with Crippen LogP contribution in [0.1, 0.15) is 23.1 Å². The number of hydrogen-bond acceptors (Lipinski definition) is 5. The summed E-state index contributed by atoms with van der Waals surface area (Å²) in [6.07, 6.45) is 0. The molecule has 7 nitrogen and oxygen atoms in total. The van der Waals surface area contributed by atoms with Gasteiger partial charge >= 0.3 is 0 Å². The van der Waals surface area contributed by atoms with E-state index >= 15 is 0 Å². The number of nitrogens with zero attached hydrogens (tertiary/aromatic N) is 3. The smallest absolute Gasteiger partial charge is 0.276 e. The van der Waals surface area contributed by atoms with Crippen molar-refractivity contribution < 1.29 is 9.59 Å². The summed E-state index contributed by atoms with van der Waals surface area (Å²) in [5, 5.41) is 5.80. The zero-order valence-electron chi connectivity index (χ0n) is 15.9. The topological polar surface area (TPSA) is 87.2 Å². The molecule has 0 radical (unpaired) electrons. The van der Waals surface area contributed by atoms with Crippen LogP contribution in [0.5, 0.6) is 0 Å². The van der Waals surface area contributed by atoms with Crippen molar-refractivity contribution in [2.45, 2.75) is 13.8 Å². The van der Waals surface area contributed by atoms with Crippen molar-refractivity contribution in [1.29, 1.82) is 0 Å². The molecule has 2 amide bonds. The number of benzene rings is 2. The molecule has 2 aromatic carbocycles. The van der Waals surface area contributed by atoms with Crippen molar-refractivity contribution in [1.82, 2.24) is 9.97 Å². The molecule has 3 rings (SSSR count). The number of carbonyl (C=O) groups excluding carboxylic acids is 2. The predicted octanol–water partition coefficient (Wildman–Crippen LogP) is 3.76. The van der Waals surface area contributed by atoms with Gasteiger partial charge in [-0.1, -0.05) is 18.2 Å². The first kappa shape index (κ1) is 19.0. The van der Waals surface area contributed by atoms with E-state index in [0.717, 1.165) is 11.4 Å². The Morgan fingerprint density at radius 3 is 2.21 bits per heavy atom. The average molecular weight is 375 g/mol. The molecule has 0 bridgehead atoms. The minimum atomic E-state index is -0.222. The monoisotopic (exact) mass is 375 g/mol. The minimum Gasteiger partial charge on any atom is -0.326 e. The molecule has 0 saturated heterocycles. The van der Waals surface area contributed by atoms with Gasteiger partial charge in [-0.2, -0.15) is 0 Å². The molecular formula is C21H21N5O2. The van der Waals surface area contributed by atoms with Crippen molar-refractivity contribution >= 4 is 34.8 Å². The van der Waals surface area contributed by atoms with E-state index in [1.807, 2.05) is 37.3 Å². The van der Waals surface area contributed by atoms with Gasteiger partial charge in [0.15, 0.2) is 0 Å². The molecule has 0 atom stereocenters. The molecule has 0 saturated carbocycles. The van der Waals surface area contributed by atoms with Gasteiger partial charge in [0.2, 0.25) is 11.9 Å². The van der Waals surface area contributed by atoms with E-state index in [1.165, 1.54) is 6.92 Å². The van der Waals surface area contributed by atoms with Crippen LogP contribution < -0.4 is 15.5 Å². The van der Waals surface area contributed by atoms with E-state index in [0.29, 0.717) is 23.0 Å². The van der Waals surface area contributed by atoms with Crippen LogP contribution in [-0.4, -0.2) is 28.8 Å². The van der Waals surface area contributed by atoms with Gasteiger partial charge in [-0.25, -0.2) is 9.97 Å². The number of amides is 2. The van der Waals surface area contributed by atoms with Crippen LogP contribution in [-0.2, 0) is 4.79 Å². The van der Waals surface area contributed by atoms with Crippen molar-refractivity contribution in [3.05, 3.63) is 72.1 Å². The highest BCUT2D eigenvalue weighted by Gasteiger charge is 2.16. The molecule has 2 N–H and O–H groups in total. The first-order valence-corrected chi connectivity index (χ1v) is 8.76. The average Bonchev–Trinajstić information content (AvgIpc) is 2.68. The lowest BCUT2D eigenvalue weighted by atomic mass is 10.2. The fourth-order valence-corrected chi connectivity index (χ4v) is 2.64. The van der Waals surface area contributed by atoms with Crippen LogP contribution in [0, 0.1) is 6.92 Å². The zero-order valence-corrected chi connectivity index (χ0v) is 15.9. The van der Waals surface area contributed by atoms with E-state index in [2.05, 4.69) is 20.6 Å². The van der Waals surface area contributed by atoms with Gasteiger partial charge in [0.05, 0.1) is 0 Å². The van der Waals surface area contributed by atoms with E-state index in [9.17, 15) is 9.59 Å². The number of aryl methyl sites for hydroxylation is 1. The summed E-state index contributed by atoms with van der Waals surface area (Å²) >= 11 is 0. The molecule has 28 heavy (non-hydrogen) atoms. The van der Waals surface area contributed by atoms with E-state index < -0.39 is 0 Å². The third-order valence-corrected chi connectivity index (χ3v) is 3.98. The Kier molecular flexibility index (Phi) is 5.64. The largest absolute Gasteiger partial charge is 0.326 e. The Balaban J connectivity index is 1.79. The second-order valence-electron chi connectivity index (χ2n) is 6.30. The lowest BCUT2D eigenvalue weighted by molar-refractivity contribution is -0.114. The maximum Gasteiger partial charge on any atom is 0.276 e. The van der Waals surface area contributed by atoms with E-state index in [1.54, 1.807) is 42.3 Å². The van der Waals surface area contributed by atoms with Gasteiger partial charge < -0.3 is 15.5 Å². The third-order valence-electron chi connectivity index (χ3n) is 3.98. The van der Waals surface area contributed by atoms with Crippen LogP contribution in [0.25, 0.3) is 0 Å². The van der Waals surface area contributed by atoms with Crippen molar-refractivity contribution in [2.75, 3.05) is 22.6 Å². The Bertz CT molecular complexity index is 987. The number of hydrogen-bond donors (Lipinski definition) is 2.